The van der Waals surface area contributed by atoms with Crippen LogP contribution in [-0.2, 0) is 10.8 Å². The van der Waals surface area contributed by atoms with Crippen molar-refractivity contribution < 1.29 is 8.78 Å². The Morgan fingerprint density at radius 3 is 1.21 bits per heavy atom. The van der Waals surface area contributed by atoms with E-state index in [1.807, 2.05) is 0 Å². The Hall–Kier alpha value is -5.68. The Morgan fingerprint density at radius 2 is 0.781 bits per heavy atom. The molecule has 2 saturated carbocycles. The molecule has 12 unspecified atom stereocenters. The molecule has 0 heterocycles. The number of allylic oxidation sites excluding steroid dienone is 8. The largest absolute Gasteiger partial charge is 0.207 e. The second kappa shape index (κ2) is 11.4. The lowest BCUT2D eigenvalue weighted by molar-refractivity contribution is 0.192. The number of hydrogen-bond acceptors (Lipinski definition) is 0. The summed E-state index contributed by atoms with van der Waals surface area (Å²) in [6.07, 6.45) is 16.8. The smallest absolute Gasteiger partial charge is 0.123 e. The van der Waals surface area contributed by atoms with E-state index in [1.165, 1.54) is 22.3 Å². The SMILES string of the molecule is Fc1ccc(C2CC(c3ccc(Br)cc3)C3C4C=C5CC6=CC7C8c9c%10c%11c%12c%13c%14c%15c%16c(c%17c%14c%14c(c5c6c8c%14c9%13)C%174)C23CC%16=CC(C=C%11CC%102C(c3ccc(F)cc3)CC(c3ccc(Br)cc3)C72)C%15%12)cc1. The van der Waals surface area contributed by atoms with Crippen LogP contribution in [0.15, 0.2) is 130 Å². The Balaban J connectivity index is 0.931. The van der Waals surface area contributed by atoms with Crippen molar-refractivity contribution in [1.82, 2.24) is 0 Å². The van der Waals surface area contributed by atoms with Crippen LogP contribution in [0.1, 0.15) is 163 Å². The van der Waals surface area contributed by atoms with Crippen LogP contribution >= 0.6 is 31.9 Å². The average Bonchev–Trinajstić information content (AvgIpc) is 4.29. The normalized spacial score (nSPS) is 35.8. The van der Waals surface area contributed by atoms with Crippen LogP contribution in [0.3, 0.4) is 0 Å². The summed E-state index contributed by atoms with van der Waals surface area (Å²) in [7, 11) is 0. The topological polar surface area (TPSA) is 0 Å². The molecule has 73 heavy (non-hydrogen) atoms. The molecule has 2 spiro atoms. The van der Waals surface area contributed by atoms with E-state index in [0.29, 0.717) is 59.2 Å². The fourth-order valence-corrected chi connectivity index (χ4v) is 23.3. The molecule has 0 amide bonds. The van der Waals surface area contributed by atoms with E-state index >= 15 is 8.78 Å². The van der Waals surface area contributed by atoms with E-state index in [1.54, 1.807) is 146 Å². The van der Waals surface area contributed by atoms with Crippen LogP contribution in [-0.4, -0.2) is 0 Å². The number of hydrogen-bond donors (Lipinski definition) is 0. The molecule has 14 aliphatic rings. The Bertz CT molecular complexity index is 4120. The van der Waals surface area contributed by atoms with Crippen LogP contribution in [0.4, 0.5) is 8.78 Å². The Morgan fingerprint density at radius 1 is 0.397 bits per heavy atom. The van der Waals surface area contributed by atoms with Gasteiger partial charge in [0, 0.05) is 43.4 Å². The summed E-state index contributed by atoms with van der Waals surface area (Å²) >= 11 is 7.67. The van der Waals surface area contributed by atoms with Crippen LogP contribution in [0.5, 0.6) is 0 Å². The van der Waals surface area contributed by atoms with Crippen molar-refractivity contribution in [3.05, 3.63) is 231 Å². The zero-order chi connectivity index (χ0) is 46.9. The monoisotopic (exact) mass is 1070 g/mol. The van der Waals surface area contributed by atoms with Gasteiger partial charge in [0.25, 0.3) is 0 Å². The molecular formula is C69H42Br2F2. The minimum atomic E-state index is -0.144. The molecule has 0 aliphatic heterocycles. The molecule has 0 radical (unpaired) electrons. The molecular weight excluding hydrogens is 1030 g/mol. The van der Waals surface area contributed by atoms with E-state index in [4.69, 9.17) is 0 Å². The van der Waals surface area contributed by atoms with Gasteiger partial charge in [0.1, 0.15) is 11.6 Å². The Labute approximate surface area is 437 Å². The van der Waals surface area contributed by atoms with Crippen molar-refractivity contribution in [2.75, 3.05) is 0 Å². The predicted molar refractivity (Wildman–Crippen MR) is 292 cm³/mol. The van der Waals surface area contributed by atoms with Crippen molar-refractivity contribution in [2.24, 2.45) is 29.6 Å². The molecule has 14 aliphatic carbocycles. The van der Waals surface area contributed by atoms with Gasteiger partial charge in [-0.25, -0.2) is 8.78 Å². The van der Waals surface area contributed by atoms with Gasteiger partial charge in [-0.05, 0) is 272 Å². The molecule has 346 valence electrons. The van der Waals surface area contributed by atoms with E-state index < -0.39 is 0 Å². The highest BCUT2D eigenvalue weighted by Crippen LogP contribution is 2.85. The first-order valence-corrected chi connectivity index (χ1v) is 29.0. The molecule has 0 N–H and O–H groups in total. The minimum Gasteiger partial charge on any atom is -0.207 e. The van der Waals surface area contributed by atoms with Gasteiger partial charge in [-0.1, -0.05) is 105 Å². The third kappa shape index (κ3) is 3.59. The van der Waals surface area contributed by atoms with E-state index in [0.717, 1.165) is 41.0 Å². The summed E-state index contributed by atoms with van der Waals surface area (Å²) in [6.45, 7) is 0. The second-order valence-electron chi connectivity index (χ2n) is 25.6. The van der Waals surface area contributed by atoms with Crippen molar-refractivity contribution in [3.63, 3.8) is 0 Å². The van der Waals surface area contributed by atoms with Crippen LogP contribution in [0.2, 0.25) is 0 Å². The van der Waals surface area contributed by atoms with Gasteiger partial charge in [0.15, 0.2) is 0 Å². The molecule has 12 atom stereocenters. The summed E-state index contributed by atoms with van der Waals surface area (Å²) < 4.78 is 32.5. The fourth-order valence-electron chi connectivity index (χ4n) is 22.8. The molecule has 0 bridgehead atoms. The highest BCUT2D eigenvalue weighted by Gasteiger charge is 2.73. The maximum absolute atomic E-state index is 15.1. The lowest BCUT2D eigenvalue weighted by atomic mass is 9.51. The predicted octanol–water partition coefficient (Wildman–Crippen LogP) is 17.6. The molecule has 22 rings (SSSR count). The maximum Gasteiger partial charge on any atom is 0.123 e. The van der Waals surface area contributed by atoms with Crippen LogP contribution in [0, 0.1) is 41.2 Å². The first-order valence-electron chi connectivity index (χ1n) is 27.4. The van der Waals surface area contributed by atoms with Gasteiger partial charge in [-0.2, -0.15) is 0 Å². The summed E-state index contributed by atoms with van der Waals surface area (Å²) in [6, 6.07) is 34.6. The van der Waals surface area contributed by atoms with Crippen LogP contribution < -0.4 is 0 Å². The first kappa shape index (κ1) is 38.0. The van der Waals surface area contributed by atoms with Crippen molar-refractivity contribution in [1.29, 1.82) is 0 Å². The summed E-state index contributed by atoms with van der Waals surface area (Å²) in [4.78, 5) is 0. The Kier molecular flexibility index (Phi) is 5.95. The summed E-state index contributed by atoms with van der Waals surface area (Å²) in [5, 5.41) is 10.00. The fraction of sp³-hybridized carbons (Fsp3) is 0.275. The van der Waals surface area contributed by atoms with Crippen LogP contribution in [0.25, 0.3) is 54.6 Å². The highest BCUT2D eigenvalue weighted by atomic mass is 79.9. The van der Waals surface area contributed by atoms with Crippen molar-refractivity contribution in [2.45, 2.75) is 84.4 Å². The van der Waals surface area contributed by atoms with Gasteiger partial charge in [0.2, 0.25) is 0 Å². The first-order chi connectivity index (χ1) is 35.8. The number of benzene rings is 8. The molecule has 0 saturated heterocycles. The average molecular weight is 1070 g/mol. The molecule has 0 aromatic heterocycles. The lowest BCUT2D eigenvalue weighted by Gasteiger charge is -2.52. The van der Waals surface area contributed by atoms with Gasteiger partial charge in [-0.3, -0.25) is 0 Å². The van der Waals surface area contributed by atoms with E-state index in [9.17, 15) is 0 Å². The third-order valence-electron chi connectivity index (χ3n) is 23.9. The standard InChI is InChI=1S/C69H42Br2F2/c70-35-9-1-26(2-10-35)39-22-43(28-5-13-37(72)14-6-28)68-24-33-18-30-19-34-25-69-44(29-7-15-38(73)16-8-29)23-40(27-3-11-36(71)12-4-27)65(69)42-21-32-17-31-20-41(64(39)68)50-54-45(31)46(32)55-51(42)63-61-57-53(49(34)67(63)69)47(30)52-48(33)66(68)62(50)60(56(52)57)58(54)59(55)61/h1-16,18-21,30,39-44,47,50-51,64-65H,17,22-25H2. The summed E-state index contributed by atoms with van der Waals surface area (Å²) in [5.41, 5.74) is 32.1. The van der Waals surface area contributed by atoms with Gasteiger partial charge >= 0.3 is 0 Å². The maximum atomic E-state index is 15.1. The highest BCUT2D eigenvalue weighted by molar-refractivity contribution is 9.10. The molecule has 0 nitrogen and oxygen atoms in total. The zero-order valence-electron chi connectivity index (χ0n) is 39.5. The van der Waals surface area contributed by atoms with E-state index in [-0.39, 0.29) is 34.3 Å². The lowest BCUT2D eigenvalue weighted by Crippen LogP contribution is -2.46. The minimum absolute atomic E-state index is 0.119. The second-order valence-corrected chi connectivity index (χ2v) is 27.4. The molecule has 8 aromatic rings. The molecule has 8 aromatic carbocycles. The number of fused-ring (bicyclic) bond motifs is 2. The molecule has 4 heteroatoms. The van der Waals surface area contributed by atoms with Crippen molar-refractivity contribution in [3.8, 4) is 0 Å². The molecule has 2 fully saturated rings. The van der Waals surface area contributed by atoms with Gasteiger partial charge < -0.3 is 0 Å². The zero-order valence-corrected chi connectivity index (χ0v) is 42.7. The van der Waals surface area contributed by atoms with Crippen molar-refractivity contribution >= 4 is 86.5 Å². The quantitative estimate of drug-likeness (QED) is 0.154. The number of halogens is 4. The van der Waals surface area contributed by atoms with Gasteiger partial charge in [0.05, 0.1) is 0 Å². The van der Waals surface area contributed by atoms with E-state index in [2.05, 4.69) is 129 Å². The summed E-state index contributed by atoms with van der Waals surface area (Å²) in [5.74, 6) is 3.78. The van der Waals surface area contributed by atoms with Gasteiger partial charge in [-0.15, -0.1) is 0 Å². The third-order valence-corrected chi connectivity index (χ3v) is 24.9. The number of rotatable bonds is 4.